The highest BCUT2D eigenvalue weighted by Gasteiger charge is 2.24. The van der Waals surface area contributed by atoms with Crippen LogP contribution in [-0.4, -0.2) is 22.7 Å². The molecule has 0 aromatic carbocycles. The Morgan fingerprint density at radius 1 is 1.55 bits per heavy atom. The van der Waals surface area contributed by atoms with Gasteiger partial charge >= 0.3 is 0 Å². The van der Waals surface area contributed by atoms with E-state index in [0.29, 0.717) is 18.2 Å². The fraction of sp³-hybridized carbons (Fsp3) is 0.357. The monoisotopic (exact) mass is 273 g/mol. The summed E-state index contributed by atoms with van der Waals surface area (Å²) >= 11 is 0. The van der Waals surface area contributed by atoms with Crippen molar-refractivity contribution in [2.24, 2.45) is 0 Å². The minimum absolute atomic E-state index is 0.0658. The Labute approximate surface area is 116 Å². The molecule has 3 rings (SSSR count). The summed E-state index contributed by atoms with van der Waals surface area (Å²) in [5.74, 6) is 1.07. The van der Waals surface area contributed by atoms with Crippen molar-refractivity contribution < 1.29 is 14.1 Å². The summed E-state index contributed by atoms with van der Waals surface area (Å²) in [6, 6.07) is 5.46. The number of pyridine rings is 1. The first-order valence-corrected chi connectivity index (χ1v) is 6.51. The van der Waals surface area contributed by atoms with Crippen LogP contribution in [0.25, 0.3) is 0 Å². The lowest BCUT2D eigenvalue weighted by Crippen LogP contribution is -2.33. The molecule has 0 bridgehead atoms. The highest BCUT2D eigenvalue weighted by Crippen LogP contribution is 2.29. The molecule has 2 aromatic heterocycles. The molecule has 0 radical (unpaired) electrons. The van der Waals surface area contributed by atoms with Gasteiger partial charge in [-0.3, -0.25) is 4.79 Å². The summed E-state index contributed by atoms with van der Waals surface area (Å²) in [5.41, 5.74) is 1.69. The zero-order chi connectivity index (χ0) is 13.9. The molecular weight excluding hydrogens is 258 g/mol. The Morgan fingerprint density at radius 2 is 2.45 bits per heavy atom. The van der Waals surface area contributed by atoms with Crippen LogP contribution >= 0.6 is 0 Å². The molecule has 1 N–H and O–H groups in total. The summed E-state index contributed by atoms with van der Waals surface area (Å²) < 4.78 is 10.5. The summed E-state index contributed by atoms with van der Waals surface area (Å²) in [7, 11) is 0. The van der Waals surface area contributed by atoms with Crippen molar-refractivity contribution in [2.45, 2.75) is 25.8 Å². The summed E-state index contributed by atoms with van der Waals surface area (Å²) in [6.07, 6.45) is 2.61. The molecule has 104 valence electrons. The second-order valence-electron chi connectivity index (χ2n) is 4.77. The summed E-state index contributed by atoms with van der Waals surface area (Å²) in [6.45, 7) is 2.38. The second-order valence-corrected chi connectivity index (χ2v) is 4.77. The molecule has 1 aliphatic rings. The lowest BCUT2D eigenvalue weighted by atomic mass is 10.0. The van der Waals surface area contributed by atoms with Crippen LogP contribution in [0.2, 0.25) is 0 Å². The SMILES string of the molecule is Cc1cc(CC(=O)NC2CCOc3ncccc32)on1. The van der Waals surface area contributed by atoms with Crippen molar-refractivity contribution >= 4 is 5.91 Å². The van der Waals surface area contributed by atoms with E-state index in [1.54, 1.807) is 12.3 Å². The Kier molecular flexibility index (Phi) is 3.37. The molecule has 0 saturated carbocycles. The first-order valence-electron chi connectivity index (χ1n) is 6.51. The predicted molar refractivity (Wildman–Crippen MR) is 70.2 cm³/mol. The Balaban J connectivity index is 1.68. The molecule has 6 nitrogen and oxygen atoms in total. The number of fused-ring (bicyclic) bond motifs is 1. The van der Waals surface area contributed by atoms with Gasteiger partial charge in [0.1, 0.15) is 5.76 Å². The maximum atomic E-state index is 12.0. The molecule has 0 saturated heterocycles. The molecule has 0 fully saturated rings. The van der Waals surface area contributed by atoms with Gasteiger partial charge in [0.25, 0.3) is 0 Å². The van der Waals surface area contributed by atoms with Gasteiger partial charge in [-0.1, -0.05) is 11.2 Å². The van der Waals surface area contributed by atoms with Gasteiger partial charge in [-0.2, -0.15) is 0 Å². The third kappa shape index (κ3) is 2.64. The van der Waals surface area contributed by atoms with E-state index in [4.69, 9.17) is 9.26 Å². The molecule has 0 spiro atoms. The Morgan fingerprint density at radius 3 is 3.25 bits per heavy atom. The highest BCUT2D eigenvalue weighted by molar-refractivity contribution is 5.78. The molecule has 2 aromatic rings. The van der Waals surface area contributed by atoms with Gasteiger partial charge in [-0.25, -0.2) is 4.98 Å². The van der Waals surface area contributed by atoms with Crippen LogP contribution in [0.15, 0.2) is 28.9 Å². The molecule has 0 aliphatic carbocycles. The number of hydrogen-bond acceptors (Lipinski definition) is 5. The zero-order valence-corrected chi connectivity index (χ0v) is 11.1. The first kappa shape index (κ1) is 12.7. The van der Waals surface area contributed by atoms with Gasteiger partial charge in [-0.05, 0) is 13.0 Å². The number of ether oxygens (including phenoxy) is 1. The normalized spacial score (nSPS) is 17.1. The largest absolute Gasteiger partial charge is 0.477 e. The molecule has 1 unspecified atom stereocenters. The summed E-state index contributed by atoms with van der Waals surface area (Å²) in [4.78, 5) is 16.2. The topological polar surface area (TPSA) is 77.2 Å². The third-order valence-electron chi connectivity index (χ3n) is 3.17. The van der Waals surface area contributed by atoms with Gasteiger partial charge in [0.05, 0.1) is 24.8 Å². The van der Waals surface area contributed by atoms with Crippen LogP contribution in [-0.2, 0) is 11.2 Å². The number of rotatable bonds is 3. The van der Waals surface area contributed by atoms with Gasteiger partial charge in [0.2, 0.25) is 11.8 Å². The van der Waals surface area contributed by atoms with E-state index in [1.165, 1.54) is 0 Å². The number of aryl methyl sites for hydroxylation is 1. The fourth-order valence-corrected chi connectivity index (χ4v) is 2.27. The molecule has 1 amide bonds. The van der Waals surface area contributed by atoms with Crippen molar-refractivity contribution in [1.29, 1.82) is 0 Å². The number of nitrogens with zero attached hydrogens (tertiary/aromatic N) is 2. The van der Waals surface area contributed by atoms with Crippen LogP contribution in [0.3, 0.4) is 0 Å². The van der Waals surface area contributed by atoms with E-state index >= 15 is 0 Å². The van der Waals surface area contributed by atoms with Gasteiger partial charge in [0, 0.05) is 24.2 Å². The Hall–Kier alpha value is -2.37. The maximum Gasteiger partial charge on any atom is 0.228 e. The number of aromatic nitrogens is 2. The summed E-state index contributed by atoms with van der Waals surface area (Å²) in [5, 5.41) is 6.75. The van der Waals surface area contributed by atoms with Gasteiger partial charge in [-0.15, -0.1) is 0 Å². The first-order chi connectivity index (χ1) is 9.72. The van der Waals surface area contributed by atoms with E-state index in [2.05, 4.69) is 15.5 Å². The number of carbonyl (C=O) groups is 1. The minimum Gasteiger partial charge on any atom is -0.477 e. The second kappa shape index (κ2) is 5.32. The fourth-order valence-electron chi connectivity index (χ4n) is 2.27. The van der Waals surface area contributed by atoms with Crippen LogP contribution in [0.5, 0.6) is 5.88 Å². The van der Waals surface area contributed by atoms with E-state index in [1.807, 2.05) is 19.1 Å². The molecule has 1 atom stereocenters. The minimum atomic E-state index is -0.0946. The van der Waals surface area contributed by atoms with Crippen molar-refractivity contribution in [3.8, 4) is 5.88 Å². The lowest BCUT2D eigenvalue weighted by molar-refractivity contribution is -0.121. The molecular formula is C14H15N3O3. The number of carbonyl (C=O) groups excluding carboxylic acids is 1. The molecule has 3 heterocycles. The predicted octanol–water partition coefficient (Wildman–Crippen LogP) is 1.56. The smallest absolute Gasteiger partial charge is 0.228 e. The quantitative estimate of drug-likeness (QED) is 0.918. The standard InChI is InChI=1S/C14H15N3O3/c1-9-7-10(20-17-9)8-13(18)16-12-4-6-19-14-11(12)3-2-5-15-14/h2-3,5,7,12H,4,6,8H2,1H3,(H,16,18). The number of nitrogens with one attached hydrogen (secondary N) is 1. The van der Waals surface area contributed by atoms with E-state index in [9.17, 15) is 4.79 Å². The average Bonchev–Trinajstić information content (AvgIpc) is 2.84. The molecule has 6 heteroatoms. The lowest BCUT2D eigenvalue weighted by Gasteiger charge is -2.25. The van der Waals surface area contributed by atoms with Crippen molar-refractivity contribution in [3.05, 3.63) is 41.4 Å². The number of hydrogen-bond donors (Lipinski definition) is 1. The Bertz CT molecular complexity index is 624. The zero-order valence-electron chi connectivity index (χ0n) is 11.1. The molecule has 1 aliphatic heterocycles. The maximum absolute atomic E-state index is 12.0. The third-order valence-corrected chi connectivity index (χ3v) is 3.17. The van der Waals surface area contributed by atoms with Crippen LogP contribution < -0.4 is 10.1 Å². The average molecular weight is 273 g/mol. The van der Waals surface area contributed by atoms with Crippen LogP contribution in [0.1, 0.15) is 29.5 Å². The van der Waals surface area contributed by atoms with Crippen molar-refractivity contribution in [2.75, 3.05) is 6.61 Å². The van der Waals surface area contributed by atoms with E-state index in [0.717, 1.165) is 17.7 Å². The van der Waals surface area contributed by atoms with Crippen molar-refractivity contribution in [1.82, 2.24) is 15.5 Å². The van der Waals surface area contributed by atoms with E-state index in [-0.39, 0.29) is 18.4 Å². The number of amides is 1. The van der Waals surface area contributed by atoms with Crippen LogP contribution in [0, 0.1) is 6.92 Å². The van der Waals surface area contributed by atoms with Crippen molar-refractivity contribution in [3.63, 3.8) is 0 Å². The van der Waals surface area contributed by atoms with Gasteiger partial charge < -0.3 is 14.6 Å². The highest BCUT2D eigenvalue weighted by atomic mass is 16.5. The van der Waals surface area contributed by atoms with E-state index < -0.39 is 0 Å². The van der Waals surface area contributed by atoms with Gasteiger partial charge in [0.15, 0.2) is 0 Å². The molecule has 20 heavy (non-hydrogen) atoms. The van der Waals surface area contributed by atoms with Crippen LogP contribution in [0.4, 0.5) is 0 Å².